The van der Waals surface area contributed by atoms with Gasteiger partial charge in [0.1, 0.15) is 0 Å². The van der Waals surface area contributed by atoms with E-state index in [0.29, 0.717) is 0 Å². The second-order valence-corrected chi connectivity index (χ2v) is 13.6. The van der Waals surface area contributed by atoms with E-state index in [1.165, 1.54) is 76.3 Å². The van der Waals surface area contributed by atoms with Crippen LogP contribution < -0.4 is 0 Å². The highest BCUT2D eigenvalue weighted by Crippen LogP contribution is 2.37. The zero-order valence-electron chi connectivity index (χ0n) is 13.2. The van der Waals surface area contributed by atoms with Crippen LogP contribution in [0.15, 0.2) is 0 Å². The second kappa shape index (κ2) is 8.63. The van der Waals surface area contributed by atoms with E-state index in [4.69, 9.17) is 4.12 Å². The van der Waals surface area contributed by atoms with Crippen LogP contribution in [0.2, 0.25) is 23.2 Å². The lowest BCUT2D eigenvalue weighted by Crippen LogP contribution is -2.36. The molecule has 0 aromatic carbocycles. The van der Waals surface area contributed by atoms with E-state index in [0.717, 1.165) is 11.1 Å². The minimum Gasteiger partial charge on any atom is -0.459 e. The molecule has 2 fully saturated rings. The molecule has 1 nitrogen and oxygen atoms in total. The average Bonchev–Trinajstić information content (AvgIpc) is 2.50. The first-order chi connectivity index (χ1) is 9.35. The van der Waals surface area contributed by atoms with Gasteiger partial charge in [-0.25, -0.2) is 0 Å². The van der Waals surface area contributed by atoms with Gasteiger partial charge in [-0.3, -0.25) is 0 Å². The Balaban J connectivity index is 1.86. The molecule has 0 aromatic heterocycles. The van der Waals surface area contributed by atoms with E-state index in [1.54, 1.807) is 0 Å². The summed E-state index contributed by atoms with van der Waals surface area (Å²) in [5.41, 5.74) is 2.06. The highest BCUT2D eigenvalue weighted by molar-refractivity contribution is 6.67. The Morgan fingerprint density at radius 3 is 1.37 bits per heavy atom. The fourth-order valence-corrected chi connectivity index (χ4v) is 13.2. The van der Waals surface area contributed by atoms with Gasteiger partial charge in [-0.05, 0) is 23.2 Å². The third-order valence-corrected chi connectivity index (χ3v) is 13.3. The largest absolute Gasteiger partial charge is 0.459 e. The fraction of sp³-hybridized carbons (Fsp3) is 1.00. The highest BCUT2D eigenvalue weighted by Gasteiger charge is 2.31. The van der Waals surface area contributed by atoms with Crippen LogP contribution in [0.3, 0.4) is 0 Å². The van der Waals surface area contributed by atoms with Crippen molar-refractivity contribution in [2.75, 3.05) is 0 Å². The minimum absolute atomic E-state index is 0.879. The number of hydrogen-bond donors (Lipinski definition) is 0. The summed E-state index contributed by atoms with van der Waals surface area (Å²) in [6.45, 7) is 4.82. The first-order valence-electron chi connectivity index (χ1n) is 9.00. The normalized spacial score (nSPS) is 26.2. The molecule has 19 heavy (non-hydrogen) atoms. The molecular formula is C16H34OSi2. The Kier molecular flexibility index (Phi) is 7.17. The Morgan fingerprint density at radius 2 is 1.05 bits per heavy atom. The third-order valence-electron chi connectivity index (χ3n) is 5.51. The van der Waals surface area contributed by atoms with Crippen LogP contribution >= 0.6 is 0 Å². The van der Waals surface area contributed by atoms with Gasteiger partial charge in [0.15, 0.2) is 18.1 Å². The van der Waals surface area contributed by atoms with Crippen molar-refractivity contribution in [1.29, 1.82) is 0 Å². The first kappa shape index (κ1) is 15.8. The SMILES string of the molecule is CC[SiH](O[SiH](CC)C1CCCCC1)C1CCCCC1. The van der Waals surface area contributed by atoms with Gasteiger partial charge < -0.3 is 4.12 Å². The van der Waals surface area contributed by atoms with Crippen LogP contribution in [-0.2, 0) is 4.12 Å². The van der Waals surface area contributed by atoms with E-state index in [-0.39, 0.29) is 0 Å². The molecule has 0 spiro atoms. The van der Waals surface area contributed by atoms with Gasteiger partial charge in [0, 0.05) is 0 Å². The zero-order chi connectivity index (χ0) is 13.5. The van der Waals surface area contributed by atoms with Crippen LogP contribution in [0, 0.1) is 0 Å². The van der Waals surface area contributed by atoms with Crippen LogP contribution in [-0.4, -0.2) is 18.1 Å². The molecule has 3 heteroatoms. The third kappa shape index (κ3) is 4.71. The van der Waals surface area contributed by atoms with Crippen molar-refractivity contribution in [3.8, 4) is 0 Å². The van der Waals surface area contributed by atoms with Gasteiger partial charge >= 0.3 is 0 Å². The molecule has 0 saturated heterocycles. The molecule has 0 radical (unpaired) electrons. The molecule has 2 aliphatic rings. The summed E-state index contributed by atoms with van der Waals surface area (Å²) >= 11 is 0. The van der Waals surface area contributed by atoms with E-state index in [1.807, 2.05) is 0 Å². The molecule has 0 bridgehead atoms. The zero-order valence-corrected chi connectivity index (χ0v) is 15.5. The van der Waals surface area contributed by atoms with E-state index in [9.17, 15) is 0 Å². The molecule has 2 unspecified atom stereocenters. The molecule has 2 atom stereocenters. The summed E-state index contributed by atoms with van der Waals surface area (Å²) in [5, 5.41) is 0. The Bertz CT molecular complexity index is 211. The highest BCUT2D eigenvalue weighted by atomic mass is 28.4. The molecule has 0 amide bonds. The Labute approximate surface area is 124 Å². The van der Waals surface area contributed by atoms with E-state index in [2.05, 4.69) is 13.8 Å². The lowest BCUT2D eigenvalue weighted by Gasteiger charge is -2.35. The molecule has 0 N–H and O–H groups in total. The predicted molar refractivity (Wildman–Crippen MR) is 90.0 cm³/mol. The molecule has 112 valence electrons. The predicted octanol–water partition coefficient (Wildman–Crippen LogP) is 5.16. The van der Waals surface area contributed by atoms with Crippen molar-refractivity contribution < 1.29 is 4.12 Å². The van der Waals surface area contributed by atoms with E-state index >= 15 is 0 Å². The molecule has 2 rings (SSSR count). The minimum atomic E-state index is -0.879. The maximum absolute atomic E-state index is 6.91. The van der Waals surface area contributed by atoms with Crippen molar-refractivity contribution in [2.45, 2.75) is 101 Å². The van der Waals surface area contributed by atoms with Crippen molar-refractivity contribution in [2.24, 2.45) is 0 Å². The first-order valence-corrected chi connectivity index (χ1v) is 12.9. The second-order valence-electron chi connectivity index (χ2n) is 6.83. The van der Waals surface area contributed by atoms with E-state index < -0.39 is 18.1 Å². The molecule has 0 heterocycles. The topological polar surface area (TPSA) is 9.23 Å². The molecule has 0 aliphatic heterocycles. The van der Waals surface area contributed by atoms with Crippen LogP contribution in [0.25, 0.3) is 0 Å². The molecule has 0 aromatic rings. The monoisotopic (exact) mass is 298 g/mol. The van der Waals surface area contributed by atoms with Gasteiger partial charge in [0.2, 0.25) is 0 Å². The van der Waals surface area contributed by atoms with Crippen molar-refractivity contribution in [3.05, 3.63) is 0 Å². The van der Waals surface area contributed by atoms with Gasteiger partial charge in [0.25, 0.3) is 0 Å². The summed E-state index contributed by atoms with van der Waals surface area (Å²) < 4.78 is 6.91. The molecular weight excluding hydrogens is 264 g/mol. The lowest BCUT2D eigenvalue weighted by molar-refractivity contribution is 0.426. The molecule has 2 saturated carbocycles. The van der Waals surface area contributed by atoms with Crippen LogP contribution in [0.4, 0.5) is 0 Å². The summed E-state index contributed by atoms with van der Waals surface area (Å²) in [4.78, 5) is 0. The van der Waals surface area contributed by atoms with Gasteiger partial charge in [-0.2, -0.15) is 0 Å². The Hall–Kier alpha value is 0.394. The maximum Gasteiger partial charge on any atom is 0.165 e. The van der Waals surface area contributed by atoms with Gasteiger partial charge in [-0.1, -0.05) is 78.1 Å². The standard InChI is InChI=1S/C16H34OSi2/c1-3-18(15-11-7-5-8-12-15)17-19(4-2)16-13-9-6-10-14-16/h15-16,18-19H,3-14H2,1-2H3. The number of rotatable bonds is 6. The fourth-order valence-electron chi connectivity index (χ4n) is 4.32. The smallest absolute Gasteiger partial charge is 0.165 e. The Morgan fingerprint density at radius 1 is 0.684 bits per heavy atom. The van der Waals surface area contributed by atoms with Crippen molar-refractivity contribution in [3.63, 3.8) is 0 Å². The van der Waals surface area contributed by atoms with Gasteiger partial charge in [-0.15, -0.1) is 0 Å². The maximum atomic E-state index is 6.91. The average molecular weight is 299 g/mol. The summed E-state index contributed by atoms with van der Waals surface area (Å²) in [5.74, 6) is 0. The number of hydrogen-bond acceptors (Lipinski definition) is 1. The van der Waals surface area contributed by atoms with Crippen molar-refractivity contribution in [1.82, 2.24) is 0 Å². The quantitative estimate of drug-likeness (QED) is 0.616. The lowest BCUT2D eigenvalue weighted by atomic mass is 10.0. The van der Waals surface area contributed by atoms with Gasteiger partial charge in [0.05, 0.1) is 0 Å². The molecule has 2 aliphatic carbocycles. The van der Waals surface area contributed by atoms with Crippen LogP contribution in [0.1, 0.15) is 78.1 Å². The van der Waals surface area contributed by atoms with Crippen molar-refractivity contribution >= 4 is 18.1 Å². The van der Waals surface area contributed by atoms with Crippen LogP contribution in [0.5, 0.6) is 0 Å². The summed E-state index contributed by atoms with van der Waals surface area (Å²) in [7, 11) is -1.76. The summed E-state index contributed by atoms with van der Waals surface area (Å²) in [6.07, 6.45) is 14.9. The summed E-state index contributed by atoms with van der Waals surface area (Å²) in [6, 6.07) is 2.78.